The molecule has 3 atom stereocenters. The van der Waals surface area contributed by atoms with E-state index in [2.05, 4.69) is 44.9 Å². The van der Waals surface area contributed by atoms with Gasteiger partial charge in [-0.25, -0.2) is 9.78 Å². The average molecular weight is 613 g/mol. The van der Waals surface area contributed by atoms with Crippen molar-refractivity contribution in [1.82, 2.24) is 20.1 Å². The van der Waals surface area contributed by atoms with Gasteiger partial charge in [-0.1, -0.05) is 48.5 Å². The van der Waals surface area contributed by atoms with E-state index in [9.17, 15) is 14.4 Å². The normalized spacial score (nSPS) is 14.7. The van der Waals surface area contributed by atoms with Crippen molar-refractivity contribution in [3.63, 3.8) is 0 Å². The second kappa shape index (κ2) is 16.1. The van der Waals surface area contributed by atoms with Crippen molar-refractivity contribution < 1.29 is 23.5 Å². The van der Waals surface area contributed by atoms with Gasteiger partial charge in [0.15, 0.2) is 14.0 Å². The Hall–Kier alpha value is -1.82. The lowest BCUT2D eigenvalue weighted by Gasteiger charge is -2.40. The van der Waals surface area contributed by atoms with E-state index in [1.165, 1.54) is 11.3 Å². The summed E-state index contributed by atoms with van der Waals surface area (Å²) >= 11 is 1.40. The van der Waals surface area contributed by atoms with Crippen molar-refractivity contribution in [3.8, 4) is 0 Å². The van der Waals surface area contributed by atoms with Crippen LogP contribution in [0.25, 0.3) is 0 Å². The number of ether oxygens (including phenoxy) is 1. The fourth-order valence-electron chi connectivity index (χ4n) is 4.75. The molecule has 1 rings (SSSR count). The quantitative estimate of drug-likeness (QED) is 0.177. The van der Waals surface area contributed by atoms with Crippen LogP contribution in [0.1, 0.15) is 97.3 Å². The van der Waals surface area contributed by atoms with Crippen LogP contribution >= 0.6 is 11.3 Å². The molecule has 0 radical (unpaired) electrons. The molecule has 11 heteroatoms. The molecule has 0 bridgehead atoms. The van der Waals surface area contributed by atoms with Gasteiger partial charge >= 0.3 is 5.97 Å². The van der Waals surface area contributed by atoms with E-state index in [4.69, 9.17) is 9.16 Å². The average Bonchev–Trinajstić information content (AvgIpc) is 3.41. The second-order valence-electron chi connectivity index (χ2n) is 12.3. The highest BCUT2D eigenvalue weighted by atomic mass is 32.1. The van der Waals surface area contributed by atoms with Gasteiger partial charge in [-0.3, -0.25) is 14.5 Å². The third kappa shape index (κ3) is 9.59. The summed E-state index contributed by atoms with van der Waals surface area (Å²) < 4.78 is 12.2. The first-order valence-corrected chi connectivity index (χ1v) is 18.5. The number of thiazole rings is 1. The Labute approximate surface area is 253 Å². The number of esters is 1. The molecule has 0 spiro atoms. The van der Waals surface area contributed by atoms with Crippen LogP contribution in [0.2, 0.25) is 18.1 Å². The van der Waals surface area contributed by atoms with Crippen LogP contribution in [-0.4, -0.2) is 86.3 Å². The Balaban J connectivity index is 3.43. The third-order valence-electron chi connectivity index (χ3n) is 8.57. The molecule has 0 aliphatic rings. The summed E-state index contributed by atoms with van der Waals surface area (Å²) in [6.45, 7) is 20.4. The van der Waals surface area contributed by atoms with Gasteiger partial charge < -0.3 is 19.4 Å². The second-order valence-corrected chi connectivity index (χ2v) is 17.9. The van der Waals surface area contributed by atoms with Crippen molar-refractivity contribution in [1.29, 1.82) is 0 Å². The summed E-state index contributed by atoms with van der Waals surface area (Å²) in [7, 11) is 3.45. The van der Waals surface area contributed by atoms with Gasteiger partial charge in [0, 0.05) is 18.5 Å². The van der Waals surface area contributed by atoms with Gasteiger partial charge in [0.2, 0.25) is 11.8 Å². The largest absolute Gasteiger partial charge is 0.461 e. The number of aromatic nitrogens is 1. The maximum absolute atomic E-state index is 14.0. The first kappa shape index (κ1) is 37.2. The van der Waals surface area contributed by atoms with Crippen LogP contribution in [0.15, 0.2) is 5.38 Å². The molecular formula is C30H56N4O5SSi. The third-order valence-corrected chi connectivity index (χ3v) is 14.2. The Morgan fingerprint density at radius 3 is 2.00 bits per heavy atom. The predicted octanol–water partition coefficient (Wildman–Crippen LogP) is 5.74. The molecule has 0 saturated carbocycles. The summed E-state index contributed by atoms with van der Waals surface area (Å²) in [5, 5.41) is 5.49. The van der Waals surface area contributed by atoms with Crippen LogP contribution < -0.4 is 5.32 Å². The van der Waals surface area contributed by atoms with Crippen LogP contribution in [0, 0.1) is 11.8 Å². The zero-order chi connectivity index (χ0) is 31.7. The standard InChI is InChI=1S/C30H56N4O5SSi/c1-14-38-28(36)22-19-40-26(31-22)24(39-41(15-2,16-3)17-4)18-23(20(5)6)34(13)27(35)25(21(7)8)32-29(37)30(9,10)33(11)12/h19-21,23-25H,14-18H2,1-13H3,(H,32,37)/t23-,24-,25+/m1/s1. The zero-order valence-corrected chi connectivity index (χ0v) is 29.6. The fourth-order valence-corrected chi connectivity index (χ4v) is 8.47. The van der Waals surface area contributed by atoms with Crippen molar-refractivity contribution in [2.45, 2.75) is 118 Å². The molecule has 236 valence electrons. The van der Waals surface area contributed by atoms with Gasteiger partial charge in [-0.05, 0) is 71.3 Å². The van der Waals surface area contributed by atoms with Crippen LogP contribution in [0.3, 0.4) is 0 Å². The lowest BCUT2D eigenvalue weighted by molar-refractivity contribution is -0.142. The Morgan fingerprint density at radius 2 is 1.56 bits per heavy atom. The topological polar surface area (TPSA) is 101 Å². The number of nitrogens with one attached hydrogen (secondary N) is 1. The minimum Gasteiger partial charge on any atom is -0.461 e. The summed E-state index contributed by atoms with van der Waals surface area (Å²) in [4.78, 5) is 47.9. The Bertz CT molecular complexity index is 985. The highest BCUT2D eigenvalue weighted by Gasteiger charge is 2.40. The molecule has 41 heavy (non-hydrogen) atoms. The summed E-state index contributed by atoms with van der Waals surface area (Å²) in [6.07, 6.45) is 0.170. The monoisotopic (exact) mass is 612 g/mol. The summed E-state index contributed by atoms with van der Waals surface area (Å²) in [5.74, 6) is -0.746. The molecule has 9 nitrogen and oxygen atoms in total. The van der Waals surface area contributed by atoms with Gasteiger partial charge in [0.05, 0.1) is 18.2 Å². The van der Waals surface area contributed by atoms with E-state index in [-0.39, 0.29) is 48.1 Å². The number of rotatable bonds is 17. The molecule has 0 aliphatic heterocycles. The molecule has 0 aromatic carbocycles. The SMILES string of the molecule is CCOC(=O)c1csc([C@@H](C[C@H](C(C)C)N(C)C(=O)[C@@H](NC(=O)C(C)(C)N(C)C)C(C)C)O[Si](CC)(CC)CC)n1. The number of nitrogens with zero attached hydrogens (tertiary/aromatic N) is 3. The predicted molar refractivity (Wildman–Crippen MR) is 170 cm³/mol. The van der Waals surface area contributed by atoms with E-state index < -0.39 is 25.9 Å². The molecule has 1 N–H and O–H groups in total. The highest BCUT2D eigenvalue weighted by Crippen LogP contribution is 2.36. The number of amides is 2. The molecule has 0 aliphatic carbocycles. The Morgan fingerprint density at radius 1 is 1.00 bits per heavy atom. The van der Waals surface area contributed by atoms with Crippen molar-refractivity contribution >= 4 is 37.4 Å². The van der Waals surface area contributed by atoms with Gasteiger partial charge in [-0.2, -0.15) is 0 Å². The zero-order valence-electron chi connectivity index (χ0n) is 27.8. The van der Waals surface area contributed by atoms with E-state index >= 15 is 0 Å². The molecule has 0 saturated heterocycles. The maximum Gasteiger partial charge on any atom is 0.357 e. The van der Waals surface area contributed by atoms with Crippen molar-refractivity contribution in [2.24, 2.45) is 11.8 Å². The lowest BCUT2D eigenvalue weighted by atomic mass is 9.93. The molecule has 0 fully saturated rings. The van der Waals surface area contributed by atoms with Gasteiger partial charge in [0.1, 0.15) is 11.0 Å². The van der Waals surface area contributed by atoms with Crippen molar-refractivity contribution in [2.75, 3.05) is 27.7 Å². The fraction of sp³-hybridized carbons (Fsp3) is 0.800. The smallest absolute Gasteiger partial charge is 0.357 e. The lowest BCUT2D eigenvalue weighted by Crippen LogP contribution is -2.59. The summed E-state index contributed by atoms with van der Waals surface area (Å²) in [5.41, 5.74) is -0.480. The number of hydrogen-bond acceptors (Lipinski definition) is 8. The van der Waals surface area contributed by atoms with Crippen LogP contribution in [-0.2, 0) is 18.8 Å². The van der Waals surface area contributed by atoms with Crippen molar-refractivity contribution in [3.05, 3.63) is 16.1 Å². The number of carbonyl (C=O) groups excluding carboxylic acids is 3. The summed E-state index contributed by atoms with van der Waals surface area (Å²) in [6, 6.07) is 2.06. The minimum atomic E-state index is -2.07. The minimum absolute atomic E-state index is 0.0989. The molecule has 1 heterocycles. The first-order chi connectivity index (χ1) is 19.0. The van der Waals surface area contributed by atoms with E-state index in [1.54, 1.807) is 17.2 Å². The number of hydrogen-bond donors (Lipinski definition) is 1. The molecule has 1 aromatic rings. The maximum atomic E-state index is 14.0. The molecule has 0 unspecified atom stereocenters. The highest BCUT2D eigenvalue weighted by molar-refractivity contribution is 7.09. The molecule has 2 amide bonds. The number of likely N-dealkylation sites (N-methyl/N-ethyl adjacent to an activating group) is 2. The molecular weight excluding hydrogens is 557 g/mol. The Kier molecular flexibility index (Phi) is 14.6. The van der Waals surface area contributed by atoms with Gasteiger partial charge in [0.25, 0.3) is 0 Å². The van der Waals surface area contributed by atoms with Crippen LogP contribution in [0.5, 0.6) is 0 Å². The number of carbonyl (C=O) groups is 3. The van der Waals surface area contributed by atoms with E-state index in [0.29, 0.717) is 6.42 Å². The first-order valence-electron chi connectivity index (χ1n) is 15.1. The molecule has 1 aromatic heterocycles. The van der Waals surface area contributed by atoms with E-state index in [0.717, 1.165) is 23.1 Å². The van der Waals surface area contributed by atoms with Gasteiger partial charge in [-0.15, -0.1) is 11.3 Å². The van der Waals surface area contributed by atoms with Crippen LogP contribution in [0.4, 0.5) is 0 Å². The van der Waals surface area contributed by atoms with E-state index in [1.807, 2.05) is 53.7 Å².